The van der Waals surface area contributed by atoms with E-state index in [1.807, 2.05) is 0 Å². The van der Waals surface area contributed by atoms with E-state index >= 15 is 0 Å². The molecule has 1 aromatic heterocycles. The maximum absolute atomic E-state index is 5.19. The minimum atomic E-state index is 0.426. The van der Waals surface area contributed by atoms with Crippen LogP contribution in [0.15, 0.2) is 28.9 Å². The maximum Gasteiger partial charge on any atom is 0.232 e. The molecule has 2 aromatic rings. The average Bonchev–Trinajstić information content (AvgIpc) is 2.42. The molecule has 0 radical (unpaired) electrons. The molecule has 0 bridgehead atoms. The first kappa shape index (κ1) is 14.8. The summed E-state index contributed by atoms with van der Waals surface area (Å²) in [5.41, 5.74) is 3.48. The summed E-state index contributed by atoms with van der Waals surface area (Å²) in [7, 11) is 1.59. The van der Waals surface area contributed by atoms with Crippen molar-refractivity contribution in [3.05, 3.63) is 40.0 Å². The fraction of sp³-hybridized carbons (Fsp3) is 0.333. The van der Waals surface area contributed by atoms with Crippen molar-refractivity contribution in [1.82, 2.24) is 9.97 Å². The highest BCUT2D eigenvalue weighted by Gasteiger charge is 2.11. The highest BCUT2D eigenvalue weighted by Crippen LogP contribution is 2.30. The predicted octanol–water partition coefficient (Wildman–Crippen LogP) is 4.42. The number of rotatable bonds is 4. The fourth-order valence-electron chi connectivity index (χ4n) is 2.01. The minimum Gasteiger partial charge on any atom is -0.480 e. The zero-order valence-corrected chi connectivity index (χ0v) is 13.7. The molecular formula is C15H18BrN3O. The van der Waals surface area contributed by atoms with Gasteiger partial charge in [-0.3, -0.25) is 0 Å². The third-order valence-corrected chi connectivity index (χ3v) is 3.61. The van der Waals surface area contributed by atoms with Gasteiger partial charge < -0.3 is 10.1 Å². The molecular weight excluding hydrogens is 318 g/mol. The number of benzene rings is 1. The standard InChI is InChI=1S/C15H18BrN3O/c1-9(2)11-7-5-6-10(3)13(11)18-15-17-8-12(16)14(19-15)20-4/h5-9H,1-4H3,(H,17,18,19). The molecule has 5 heteroatoms. The molecule has 1 heterocycles. The monoisotopic (exact) mass is 335 g/mol. The molecule has 0 saturated heterocycles. The summed E-state index contributed by atoms with van der Waals surface area (Å²) in [6, 6.07) is 6.26. The third-order valence-electron chi connectivity index (χ3n) is 3.07. The highest BCUT2D eigenvalue weighted by molar-refractivity contribution is 9.10. The molecule has 20 heavy (non-hydrogen) atoms. The zero-order valence-electron chi connectivity index (χ0n) is 12.1. The Morgan fingerprint density at radius 1 is 1.30 bits per heavy atom. The number of ether oxygens (including phenoxy) is 1. The summed E-state index contributed by atoms with van der Waals surface area (Å²) in [5.74, 6) is 1.47. The van der Waals surface area contributed by atoms with E-state index in [2.05, 4.69) is 70.2 Å². The summed E-state index contributed by atoms with van der Waals surface area (Å²) in [6.07, 6.45) is 1.68. The molecule has 0 aliphatic heterocycles. The van der Waals surface area contributed by atoms with Gasteiger partial charge >= 0.3 is 0 Å². The van der Waals surface area contributed by atoms with E-state index in [4.69, 9.17) is 4.74 Å². The van der Waals surface area contributed by atoms with Crippen molar-refractivity contribution in [3.63, 3.8) is 0 Å². The zero-order chi connectivity index (χ0) is 14.7. The van der Waals surface area contributed by atoms with E-state index in [-0.39, 0.29) is 0 Å². The number of nitrogens with one attached hydrogen (secondary N) is 1. The van der Waals surface area contributed by atoms with Crippen LogP contribution in [0.4, 0.5) is 11.6 Å². The van der Waals surface area contributed by atoms with Crippen LogP contribution < -0.4 is 10.1 Å². The fourth-order valence-corrected chi connectivity index (χ4v) is 2.36. The number of hydrogen-bond acceptors (Lipinski definition) is 4. The van der Waals surface area contributed by atoms with Crippen LogP contribution in [-0.2, 0) is 0 Å². The second-order valence-electron chi connectivity index (χ2n) is 4.87. The van der Waals surface area contributed by atoms with Gasteiger partial charge in [-0.2, -0.15) is 4.98 Å². The Bertz CT molecular complexity index is 614. The second-order valence-corrected chi connectivity index (χ2v) is 5.72. The molecule has 0 unspecified atom stereocenters. The molecule has 1 aromatic carbocycles. The van der Waals surface area contributed by atoms with E-state index in [1.54, 1.807) is 13.3 Å². The summed E-state index contributed by atoms with van der Waals surface area (Å²) >= 11 is 3.35. The molecule has 106 valence electrons. The molecule has 4 nitrogen and oxygen atoms in total. The van der Waals surface area contributed by atoms with Gasteiger partial charge in [0.1, 0.15) is 0 Å². The third kappa shape index (κ3) is 3.10. The predicted molar refractivity (Wildman–Crippen MR) is 84.8 cm³/mol. The molecule has 2 rings (SSSR count). The lowest BCUT2D eigenvalue weighted by Gasteiger charge is -2.16. The van der Waals surface area contributed by atoms with E-state index in [0.29, 0.717) is 17.7 Å². The molecule has 0 amide bonds. The number of para-hydroxylation sites is 1. The number of hydrogen-bond donors (Lipinski definition) is 1. The molecule has 0 saturated carbocycles. The lowest BCUT2D eigenvalue weighted by molar-refractivity contribution is 0.394. The van der Waals surface area contributed by atoms with Crippen LogP contribution in [0.1, 0.15) is 30.9 Å². The summed E-state index contributed by atoms with van der Waals surface area (Å²) in [4.78, 5) is 8.61. The first-order chi connectivity index (χ1) is 9.52. The van der Waals surface area contributed by atoms with Crippen molar-refractivity contribution in [2.24, 2.45) is 0 Å². The van der Waals surface area contributed by atoms with Crippen molar-refractivity contribution < 1.29 is 4.74 Å². The summed E-state index contributed by atoms with van der Waals surface area (Å²) in [6.45, 7) is 6.41. The first-order valence-electron chi connectivity index (χ1n) is 6.46. The van der Waals surface area contributed by atoms with Gasteiger partial charge in [0.25, 0.3) is 0 Å². The Hall–Kier alpha value is -1.62. The van der Waals surface area contributed by atoms with Crippen LogP contribution in [0.25, 0.3) is 0 Å². The molecule has 0 aliphatic carbocycles. The van der Waals surface area contributed by atoms with Crippen LogP contribution in [-0.4, -0.2) is 17.1 Å². The van der Waals surface area contributed by atoms with Gasteiger partial charge in [0.15, 0.2) is 0 Å². The SMILES string of the molecule is COc1nc(Nc2c(C)cccc2C(C)C)ncc1Br. The maximum atomic E-state index is 5.19. The second kappa shape index (κ2) is 6.22. The Balaban J connectivity index is 2.39. The smallest absolute Gasteiger partial charge is 0.232 e. The normalized spacial score (nSPS) is 10.7. The van der Waals surface area contributed by atoms with Gasteiger partial charge in [-0.1, -0.05) is 32.0 Å². The van der Waals surface area contributed by atoms with Crippen molar-refractivity contribution >= 4 is 27.6 Å². The number of aryl methyl sites for hydroxylation is 1. The largest absolute Gasteiger partial charge is 0.480 e. The summed E-state index contributed by atoms with van der Waals surface area (Å²) < 4.78 is 5.93. The average molecular weight is 336 g/mol. The molecule has 0 spiro atoms. The quantitative estimate of drug-likeness (QED) is 0.898. The Kier molecular flexibility index (Phi) is 4.60. The van der Waals surface area contributed by atoms with Crippen LogP contribution >= 0.6 is 15.9 Å². The number of anilines is 2. The lowest BCUT2D eigenvalue weighted by atomic mass is 9.98. The van der Waals surface area contributed by atoms with Gasteiger partial charge in [0.2, 0.25) is 11.8 Å². The Morgan fingerprint density at radius 2 is 2.05 bits per heavy atom. The minimum absolute atomic E-state index is 0.426. The van der Waals surface area contributed by atoms with Gasteiger partial charge in [-0.15, -0.1) is 0 Å². The number of aromatic nitrogens is 2. The van der Waals surface area contributed by atoms with Crippen molar-refractivity contribution in [2.75, 3.05) is 12.4 Å². The Labute approximate surface area is 127 Å². The van der Waals surface area contributed by atoms with Gasteiger partial charge in [-0.05, 0) is 39.9 Å². The highest BCUT2D eigenvalue weighted by atomic mass is 79.9. The van der Waals surface area contributed by atoms with Crippen molar-refractivity contribution in [3.8, 4) is 5.88 Å². The molecule has 1 N–H and O–H groups in total. The number of methoxy groups -OCH3 is 1. The van der Waals surface area contributed by atoms with Crippen LogP contribution in [0.3, 0.4) is 0 Å². The number of nitrogens with zero attached hydrogens (tertiary/aromatic N) is 2. The lowest BCUT2D eigenvalue weighted by Crippen LogP contribution is -2.04. The van der Waals surface area contributed by atoms with E-state index in [9.17, 15) is 0 Å². The Morgan fingerprint density at radius 3 is 2.70 bits per heavy atom. The summed E-state index contributed by atoms with van der Waals surface area (Å²) in [5, 5.41) is 3.30. The van der Waals surface area contributed by atoms with Crippen LogP contribution in [0.2, 0.25) is 0 Å². The first-order valence-corrected chi connectivity index (χ1v) is 7.25. The topological polar surface area (TPSA) is 47.0 Å². The molecule has 0 fully saturated rings. The van der Waals surface area contributed by atoms with Gasteiger partial charge in [0, 0.05) is 5.69 Å². The van der Waals surface area contributed by atoms with Crippen LogP contribution in [0, 0.1) is 6.92 Å². The van der Waals surface area contributed by atoms with E-state index in [0.717, 1.165) is 10.2 Å². The van der Waals surface area contributed by atoms with Crippen molar-refractivity contribution in [1.29, 1.82) is 0 Å². The molecule has 0 aliphatic rings. The van der Waals surface area contributed by atoms with Gasteiger partial charge in [-0.25, -0.2) is 4.98 Å². The van der Waals surface area contributed by atoms with Crippen LogP contribution in [0.5, 0.6) is 5.88 Å². The number of halogens is 1. The van der Waals surface area contributed by atoms with Gasteiger partial charge in [0.05, 0.1) is 17.8 Å². The van der Waals surface area contributed by atoms with Crippen molar-refractivity contribution in [2.45, 2.75) is 26.7 Å². The van der Waals surface area contributed by atoms with E-state index in [1.165, 1.54) is 11.1 Å². The molecule has 0 atom stereocenters. The van der Waals surface area contributed by atoms with E-state index < -0.39 is 0 Å².